The maximum absolute atomic E-state index is 12.4. The monoisotopic (exact) mass is 692 g/mol. The highest BCUT2D eigenvalue weighted by atomic mass is 79.9. The zero-order valence-corrected chi connectivity index (χ0v) is 30.7. The zero-order chi connectivity index (χ0) is 36.7. The van der Waals surface area contributed by atoms with Crippen LogP contribution in [0.1, 0.15) is 226 Å². The van der Waals surface area contributed by atoms with Gasteiger partial charge in [0.2, 0.25) is 0 Å². The van der Waals surface area contributed by atoms with Gasteiger partial charge in [0.25, 0.3) is 0 Å². The lowest BCUT2D eigenvalue weighted by molar-refractivity contribution is -0.145. The molecule has 0 bridgehead atoms. The Bertz CT molecular complexity index is 735. The fourth-order valence-corrected chi connectivity index (χ4v) is 5.77. The van der Waals surface area contributed by atoms with E-state index in [2.05, 4.69) is 29.8 Å². The molecule has 0 fully saturated rings. The summed E-state index contributed by atoms with van der Waals surface area (Å²) in [6.45, 7) is -1.62. The van der Waals surface area contributed by atoms with Crippen LogP contribution in [0.5, 0.6) is 0 Å². The average molecular weight is 693 g/mol. The highest BCUT2D eigenvalue weighted by molar-refractivity contribution is 9.09. The zero-order valence-electron chi connectivity index (χ0n) is 34.1. The summed E-state index contributed by atoms with van der Waals surface area (Å²) in [6, 6.07) is 0. The van der Waals surface area contributed by atoms with Crippen molar-refractivity contribution in [2.75, 3.05) is 13.1 Å². The minimum absolute atomic E-state index is 0.0111. The Morgan fingerprint density at radius 2 is 0.659 bits per heavy atom. The van der Waals surface area contributed by atoms with Crippen molar-refractivity contribution in [3.05, 3.63) is 0 Å². The van der Waals surface area contributed by atoms with Crippen molar-refractivity contribution in [1.82, 2.24) is 0 Å². The molecule has 0 aliphatic rings. The van der Waals surface area contributed by atoms with Gasteiger partial charge in [-0.1, -0.05) is 210 Å². The number of carbonyl (C=O) groups is 2. The summed E-state index contributed by atoms with van der Waals surface area (Å²) in [7, 11) is 0. The van der Waals surface area contributed by atoms with E-state index in [-0.39, 0.29) is 12.8 Å². The number of alkyl halides is 1. The first kappa shape index (κ1) is 34.7. The van der Waals surface area contributed by atoms with Gasteiger partial charge in [0, 0.05) is 14.2 Å². The molecule has 4 nitrogen and oxygen atoms in total. The number of rotatable bonds is 36. The van der Waals surface area contributed by atoms with Crippen LogP contribution in [-0.4, -0.2) is 29.9 Å². The Morgan fingerprint density at radius 1 is 0.455 bits per heavy atom. The molecule has 0 N–H and O–H groups in total. The third-order valence-corrected chi connectivity index (χ3v) is 8.80. The molecule has 0 saturated heterocycles. The number of carbonyl (C=O) groups excluding carboxylic acids is 2. The molecule has 0 aliphatic carbocycles. The lowest BCUT2D eigenvalue weighted by Crippen LogP contribution is -2.20. The Hall–Kier alpha value is -0.580. The molecule has 0 atom stereocenters. The van der Waals surface area contributed by atoms with Crippen molar-refractivity contribution in [2.45, 2.75) is 224 Å². The van der Waals surface area contributed by atoms with E-state index < -0.39 is 29.9 Å². The highest BCUT2D eigenvalue weighted by Crippen LogP contribution is 2.16. The van der Waals surface area contributed by atoms with E-state index in [1.54, 1.807) is 0 Å². The van der Waals surface area contributed by atoms with Crippen molar-refractivity contribution in [1.29, 1.82) is 0 Å². The van der Waals surface area contributed by atoms with E-state index in [0.717, 1.165) is 38.5 Å². The minimum atomic E-state index is -3.06. The molecule has 0 amide bonds. The number of halogens is 1. The summed E-state index contributed by atoms with van der Waals surface area (Å²) in [4.78, 5) is 21.9. The number of unbranched alkanes of at least 4 members (excludes halogenated alkanes) is 28. The van der Waals surface area contributed by atoms with Gasteiger partial charge in [-0.25, -0.2) is 0 Å². The molecule has 262 valence electrons. The quantitative estimate of drug-likeness (QED) is 0.0373. The third kappa shape index (κ3) is 35.9. The summed E-state index contributed by atoms with van der Waals surface area (Å²) in [5.74, 6) is -1.67. The van der Waals surface area contributed by atoms with E-state index in [0.29, 0.717) is 12.8 Å². The first-order valence-electron chi connectivity index (χ1n) is 21.5. The molecule has 0 saturated carbocycles. The van der Waals surface area contributed by atoms with Gasteiger partial charge < -0.3 is 9.47 Å². The SMILES string of the molecule is [2H]C([2H])(OC(=O)CCCCCCCCCCCCCCCCC)C([2H])(Br)C([2H])([2H])OC(=O)CCCCCCCCCCCCCCCCC. The Labute approximate surface area is 290 Å². The van der Waals surface area contributed by atoms with E-state index in [1.165, 1.54) is 141 Å². The molecular weight excluding hydrogens is 612 g/mol. The van der Waals surface area contributed by atoms with Crippen LogP contribution in [0.25, 0.3) is 0 Å². The minimum Gasteiger partial charge on any atom is -0.464 e. The van der Waals surface area contributed by atoms with E-state index in [1.807, 2.05) is 0 Å². The van der Waals surface area contributed by atoms with Gasteiger partial charge >= 0.3 is 11.9 Å². The molecule has 0 rings (SSSR count). The fourth-order valence-electron chi connectivity index (χ4n) is 5.61. The lowest BCUT2D eigenvalue weighted by Gasteiger charge is -2.11. The second-order valence-corrected chi connectivity index (χ2v) is 13.7. The fraction of sp³-hybridized carbons (Fsp3) is 0.949. The normalized spacial score (nSPS) is 13.9. The smallest absolute Gasteiger partial charge is 0.305 e. The van der Waals surface area contributed by atoms with Crippen molar-refractivity contribution in [3.63, 3.8) is 0 Å². The molecule has 44 heavy (non-hydrogen) atoms. The molecule has 5 heteroatoms. The van der Waals surface area contributed by atoms with Crippen LogP contribution in [0.2, 0.25) is 0 Å². The van der Waals surface area contributed by atoms with Crippen LogP contribution in [0.3, 0.4) is 0 Å². The maximum Gasteiger partial charge on any atom is 0.305 e. The number of hydrogen-bond acceptors (Lipinski definition) is 4. The second-order valence-electron chi connectivity index (χ2n) is 12.9. The first-order chi connectivity index (χ1) is 23.4. The van der Waals surface area contributed by atoms with Gasteiger partial charge in [0.15, 0.2) is 0 Å². The molecule has 0 aromatic heterocycles. The Morgan fingerprint density at radius 3 is 0.886 bits per heavy atom. The van der Waals surface area contributed by atoms with Gasteiger partial charge in [0.05, 0.1) is 10.3 Å². The number of ether oxygens (including phenoxy) is 2. The first-order valence-corrected chi connectivity index (χ1v) is 19.8. The van der Waals surface area contributed by atoms with Crippen molar-refractivity contribution in [2.24, 2.45) is 0 Å². The topological polar surface area (TPSA) is 52.6 Å². The van der Waals surface area contributed by atoms with Crippen LogP contribution in [0.4, 0.5) is 0 Å². The summed E-state index contributed by atoms with van der Waals surface area (Å²) < 4.78 is 50.7. The van der Waals surface area contributed by atoms with Gasteiger partial charge in [-0.05, 0) is 12.8 Å². The standard InChI is InChI=1S/C39H75BrO4/c1-3-5-7-9-11-13-15-17-19-21-23-25-27-29-31-33-38(41)43-35-37(40)36-44-39(42)34-32-30-28-26-24-22-20-18-16-14-12-10-8-6-4-2/h37H,3-36H2,1-2H3/i35D2,36D2,37D. The molecule has 0 heterocycles. The van der Waals surface area contributed by atoms with Crippen LogP contribution >= 0.6 is 15.9 Å². The van der Waals surface area contributed by atoms with Crippen LogP contribution in [-0.2, 0) is 19.1 Å². The van der Waals surface area contributed by atoms with Crippen LogP contribution in [0, 0.1) is 0 Å². The number of hydrogen-bond donors (Lipinski definition) is 0. The Balaban J connectivity index is 4.02. The largest absolute Gasteiger partial charge is 0.464 e. The molecule has 0 spiro atoms. The van der Waals surface area contributed by atoms with E-state index in [4.69, 9.17) is 16.3 Å². The molecule has 0 aromatic rings. The Kier molecular flexibility index (Phi) is 29.1. The maximum atomic E-state index is 12.4. The predicted molar refractivity (Wildman–Crippen MR) is 194 cm³/mol. The average Bonchev–Trinajstić information content (AvgIpc) is 3.04. The summed E-state index contributed by atoms with van der Waals surface area (Å²) >= 11 is 2.74. The number of esters is 2. The molecule has 0 aromatic carbocycles. The van der Waals surface area contributed by atoms with Crippen molar-refractivity contribution < 1.29 is 25.9 Å². The third-order valence-electron chi connectivity index (χ3n) is 8.48. The summed E-state index contributed by atoms with van der Waals surface area (Å²) in [5.41, 5.74) is 0. The summed E-state index contributed by atoms with van der Waals surface area (Å²) in [5, 5.41) is 0. The lowest BCUT2D eigenvalue weighted by atomic mass is 10.0. The van der Waals surface area contributed by atoms with Gasteiger partial charge in [0.1, 0.15) is 13.1 Å². The summed E-state index contributed by atoms with van der Waals surface area (Å²) in [6.07, 6.45) is 35.8. The van der Waals surface area contributed by atoms with Crippen LogP contribution < -0.4 is 0 Å². The second kappa shape index (κ2) is 36.9. The van der Waals surface area contributed by atoms with Crippen molar-refractivity contribution in [3.8, 4) is 0 Å². The van der Waals surface area contributed by atoms with E-state index in [9.17, 15) is 9.59 Å². The predicted octanol–water partition coefficient (Wildman–Crippen LogP) is 13.4. The van der Waals surface area contributed by atoms with Gasteiger partial charge in [-0.2, -0.15) is 0 Å². The van der Waals surface area contributed by atoms with E-state index >= 15 is 0 Å². The van der Waals surface area contributed by atoms with Gasteiger partial charge in [-0.15, -0.1) is 0 Å². The van der Waals surface area contributed by atoms with Gasteiger partial charge in [-0.3, -0.25) is 9.59 Å². The molecule has 0 radical (unpaired) electrons. The highest BCUT2D eigenvalue weighted by Gasteiger charge is 2.12. The molecule has 0 unspecified atom stereocenters. The van der Waals surface area contributed by atoms with Crippen molar-refractivity contribution >= 4 is 27.9 Å². The molecule has 0 aliphatic heterocycles. The molecular formula is C39H75BrO4. The van der Waals surface area contributed by atoms with Crippen LogP contribution in [0.15, 0.2) is 0 Å².